The topological polar surface area (TPSA) is 88.9 Å². The summed E-state index contributed by atoms with van der Waals surface area (Å²) in [5.74, 6) is 0.277. The Morgan fingerprint density at radius 1 is 1.16 bits per heavy atom. The minimum absolute atomic E-state index is 0.147. The molecule has 2 aromatic carbocycles. The van der Waals surface area contributed by atoms with Crippen molar-refractivity contribution in [2.75, 3.05) is 11.1 Å². The Balaban J connectivity index is 1.59. The van der Waals surface area contributed by atoms with Gasteiger partial charge in [-0.25, -0.2) is 0 Å². The molecular formula is C21H20BrCl2N5O2S. The molecule has 2 N–H and O–H groups in total. The van der Waals surface area contributed by atoms with Gasteiger partial charge in [0.05, 0.1) is 21.8 Å². The fraction of sp³-hybridized carbons (Fsp3) is 0.238. The van der Waals surface area contributed by atoms with Crippen molar-refractivity contribution in [2.45, 2.75) is 25.0 Å². The summed E-state index contributed by atoms with van der Waals surface area (Å²) in [6.45, 7) is 3.73. The van der Waals surface area contributed by atoms with Gasteiger partial charge in [0.15, 0.2) is 11.0 Å². The molecule has 0 saturated carbocycles. The van der Waals surface area contributed by atoms with E-state index in [2.05, 4.69) is 36.8 Å². The van der Waals surface area contributed by atoms with Crippen LogP contribution in [0.5, 0.6) is 0 Å². The van der Waals surface area contributed by atoms with Crippen molar-refractivity contribution in [1.29, 1.82) is 0 Å². The minimum atomic E-state index is -0.414. The fourth-order valence-electron chi connectivity index (χ4n) is 2.89. The second kappa shape index (κ2) is 10.7. The van der Waals surface area contributed by atoms with E-state index in [1.807, 2.05) is 25.1 Å². The van der Waals surface area contributed by atoms with E-state index in [1.54, 1.807) is 30.7 Å². The molecule has 0 radical (unpaired) electrons. The van der Waals surface area contributed by atoms with E-state index in [0.29, 0.717) is 26.6 Å². The number of carbonyl (C=O) groups excluding carboxylic acids is 2. The van der Waals surface area contributed by atoms with Gasteiger partial charge in [0.25, 0.3) is 5.91 Å². The number of nitrogens with one attached hydrogen (secondary N) is 2. The van der Waals surface area contributed by atoms with Crippen molar-refractivity contribution >= 4 is 68.4 Å². The van der Waals surface area contributed by atoms with Crippen molar-refractivity contribution < 1.29 is 9.59 Å². The van der Waals surface area contributed by atoms with Crippen molar-refractivity contribution in [2.24, 2.45) is 7.05 Å². The van der Waals surface area contributed by atoms with E-state index in [0.717, 1.165) is 15.7 Å². The number of aryl methyl sites for hydroxylation is 1. The molecule has 168 valence electrons. The van der Waals surface area contributed by atoms with Gasteiger partial charge in [-0.3, -0.25) is 9.59 Å². The summed E-state index contributed by atoms with van der Waals surface area (Å²) in [5.41, 5.74) is 2.12. The van der Waals surface area contributed by atoms with E-state index < -0.39 is 6.04 Å². The molecule has 11 heteroatoms. The molecule has 0 aliphatic carbocycles. The number of rotatable bonds is 7. The van der Waals surface area contributed by atoms with E-state index in [9.17, 15) is 9.59 Å². The van der Waals surface area contributed by atoms with Crippen LogP contribution in [0.2, 0.25) is 10.0 Å². The number of carbonyl (C=O) groups is 2. The number of aromatic nitrogens is 3. The number of halogens is 3. The SMILES string of the molecule is Cc1cc(Br)ccc1NC(=O)CSc1nnc([C@@H](C)NC(=O)c2ccc(Cl)c(Cl)c2)n1C. The van der Waals surface area contributed by atoms with Crippen LogP contribution in [0.1, 0.15) is 34.7 Å². The molecule has 2 amide bonds. The lowest BCUT2D eigenvalue weighted by molar-refractivity contribution is -0.113. The average Bonchev–Trinajstić information content (AvgIpc) is 3.11. The molecule has 0 bridgehead atoms. The zero-order valence-electron chi connectivity index (χ0n) is 17.4. The molecule has 1 aromatic heterocycles. The van der Waals surface area contributed by atoms with E-state index in [1.165, 1.54) is 17.8 Å². The number of hydrogen-bond acceptors (Lipinski definition) is 5. The second-order valence-corrected chi connectivity index (χ2v) is 9.69. The molecule has 1 heterocycles. The number of hydrogen-bond donors (Lipinski definition) is 2. The normalized spacial score (nSPS) is 11.8. The highest BCUT2D eigenvalue weighted by Crippen LogP contribution is 2.24. The van der Waals surface area contributed by atoms with Gasteiger partial charge in [0, 0.05) is 22.8 Å². The maximum Gasteiger partial charge on any atom is 0.251 e. The Kier molecular flexibility index (Phi) is 8.21. The summed E-state index contributed by atoms with van der Waals surface area (Å²) >= 11 is 16.6. The molecule has 32 heavy (non-hydrogen) atoms. The van der Waals surface area contributed by atoms with Gasteiger partial charge < -0.3 is 15.2 Å². The Hall–Kier alpha value is -2.07. The third-order valence-electron chi connectivity index (χ3n) is 4.58. The smallest absolute Gasteiger partial charge is 0.251 e. The lowest BCUT2D eigenvalue weighted by Crippen LogP contribution is -2.28. The summed E-state index contributed by atoms with van der Waals surface area (Å²) in [7, 11) is 1.79. The fourth-order valence-corrected chi connectivity index (χ4v) is 4.39. The van der Waals surface area contributed by atoms with Gasteiger partial charge >= 0.3 is 0 Å². The number of thioether (sulfide) groups is 1. The molecule has 0 spiro atoms. The molecule has 3 rings (SSSR count). The number of benzene rings is 2. The molecular weight excluding hydrogens is 537 g/mol. The van der Waals surface area contributed by atoms with Crippen molar-refractivity contribution in [1.82, 2.24) is 20.1 Å². The number of nitrogens with zero attached hydrogens (tertiary/aromatic N) is 3. The van der Waals surface area contributed by atoms with Crippen LogP contribution in [-0.2, 0) is 11.8 Å². The van der Waals surface area contributed by atoms with Crippen LogP contribution >= 0.6 is 50.9 Å². The maximum absolute atomic E-state index is 12.5. The van der Waals surface area contributed by atoms with Crippen LogP contribution in [0, 0.1) is 6.92 Å². The molecule has 7 nitrogen and oxygen atoms in total. The molecule has 3 aromatic rings. The minimum Gasteiger partial charge on any atom is -0.342 e. The summed E-state index contributed by atoms with van der Waals surface area (Å²) in [6, 6.07) is 9.92. The number of amides is 2. The standard InChI is InChI=1S/C21H20BrCl2N5O2S/c1-11-8-14(22)5-7-17(11)26-18(30)10-32-21-28-27-19(29(21)3)12(2)25-20(31)13-4-6-15(23)16(24)9-13/h4-9,12H,10H2,1-3H3,(H,25,31)(H,26,30)/t12-/m1/s1. The molecule has 0 aliphatic heterocycles. The number of anilines is 1. The van der Waals surface area contributed by atoms with Gasteiger partial charge in [-0.2, -0.15) is 0 Å². The van der Waals surface area contributed by atoms with Crippen molar-refractivity contribution in [3.63, 3.8) is 0 Å². The van der Waals surface area contributed by atoms with Crippen LogP contribution in [0.15, 0.2) is 46.0 Å². The first-order valence-electron chi connectivity index (χ1n) is 9.49. The van der Waals surface area contributed by atoms with E-state index >= 15 is 0 Å². The zero-order valence-corrected chi connectivity index (χ0v) is 21.4. The third kappa shape index (κ3) is 6.04. The van der Waals surface area contributed by atoms with Gasteiger partial charge in [-0.1, -0.05) is 50.9 Å². The largest absolute Gasteiger partial charge is 0.342 e. The molecule has 0 fully saturated rings. The summed E-state index contributed by atoms with van der Waals surface area (Å²) in [5, 5.41) is 15.3. The first kappa shape index (κ1) is 24.6. The predicted octanol–water partition coefficient (Wildman–Crippen LogP) is 5.41. The quantitative estimate of drug-likeness (QED) is 0.379. The first-order chi connectivity index (χ1) is 15.2. The highest BCUT2D eigenvalue weighted by Gasteiger charge is 2.19. The lowest BCUT2D eigenvalue weighted by atomic mass is 10.2. The predicted molar refractivity (Wildman–Crippen MR) is 132 cm³/mol. The monoisotopic (exact) mass is 555 g/mol. The second-order valence-electron chi connectivity index (χ2n) is 7.02. The van der Waals surface area contributed by atoms with Crippen LogP contribution in [0.3, 0.4) is 0 Å². The molecule has 0 aliphatic rings. The van der Waals surface area contributed by atoms with Gasteiger partial charge in [0.2, 0.25) is 5.91 Å². The van der Waals surface area contributed by atoms with Crippen LogP contribution in [-0.4, -0.2) is 32.3 Å². The van der Waals surface area contributed by atoms with E-state index in [4.69, 9.17) is 23.2 Å². The summed E-state index contributed by atoms with van der Waals surface area (Å²) in [4.78, 5) is 24.9. The maximum atomic E-state index is 12.5. The van der Waals surface area contributed by atoms with Crippen molar-refractivity contribution in [3.8, 4) is 0 Å². The van der Waals surface area contributed by atoms with Crippen LogP contribution < -0.4 is 10.6 Å². The highest BCUT2D eigenvalue weighted by atomic mass is 79.9. The Bertz CT molecular complexity index is 1170. The lowest BCUT2D eigenvalue weighted by Gasteiger charge is -2.14. The van der Waals surface area contributed by atoms with Gasteiger partial charge in [-0.15, -0.1) is 10.2 Å². The zero-order chi connectivity index (χ0) is 23.4. The average molecular weight is 557 g/mol. The third-order valence-corrected chi connectivity index (χ3v) is 6.83. The van der Waals surface area contributed by atoms with Gasteiger partial charge in [-0.05, 0) is 55.8 Å². The molecule has 0 saturated heterocycles. The van der Waals surface area contributed by atoms with E-state index in [-0.39, 0.29) is 17.6 Å². The van der Waals surface area contributed by atoms with Gasteiger partial charge in [0.1, 0.15) is 0 Å². The van der Waals surface area contributed by atoms with Crippen LogP contribution in [0.25, 0.3) is 0 Å². The molecule has 0 unspecified atom stereocenters. The summed E-state index contributed by atoms with van der Waals surface area (Å²) < 4.78 is 2.71. The Morgan fingerprint density at radius 3 is 2.59 bits per heavy atom. The first-order valence-corrected chi connectivity index (χ1v) is 12.0. The Labute approximate surface area is 208 Å². The molecule has 1 atom stereocenters. The van der Waals surface area contributed by atoms with Crippen LogP contribution in [0.4, 0.5) is 5.69 Å². The van der Waals surface area contributed by atoms with Crippen molar-refractivity contribution in [3.05, 3.63) is 67.9 Å². The highest BCUT2D eigenvalue weighted by molar-refractivity contribution is 9.10. The summed E-state index contributed by atoms with van der Waals surface area (Å²) in [6.07, 6.45) is 0. The Morgan fingerprint density at radius 2 is 1.91 bits per heavy atom.